The van der Waals surface area contributed by atoms with Crippen molar-refractivity contribution in [2.45, 2.75) is 30.8 Å². The summed E-state index contributed by atoms with van der Waals surface area (Å²) < 4.78 is 11.0. The summed E-state index contributed by atoms with van der Waals surface area (Å²) in [5.41, 5.74) is 1.20. The highest BCUT2D eigenvalue weighted by Crippen LogP contribution is 2.29. The van der Waals surface area contributed by atoms with Crippen LogP contribution < -0.4 is 5.32 Å². The highest BCUT2D eigenvalue weighted by atomic mass is 32.2. The van der Waals surface area contributed by atoms with E-state index in [0.29, 0.717) is 17.7 Å². The summed E-state index contributed by atoms with van der Waals surface area (Å²) in [4.78, 5) is 22.6. The maximum atomic E-state index is 12.1. The third kappa shape index (κ3) is 4.78. The van der Waals surface area contributed by atoms with Gasteiger partial charge < -0.3 is 19.9 Å². The van der Waals surface area contributed by atoms with Gasteiger partial charge in [0, 0.05) is 18.6 Å². The minimum Gasteiger partial charge on any atom is -0.458 e. The van der Waals surface area contributed by atoms with Crippen molar-refractivity contribution >= 4 is 23.3 Å². The van der Waals surface area contributed by atoms with Crippen LogP contribution in [0.1, 0.15) is 23.2 Å². The lowest BCUT2D eigenvalue weighted by molar-refractivity contribution is -0.255. The van der Waals surface area contributed by atoms with Crippen LogP contribution in [0.3, 0.4) is 0 Å². The Morgan fingerprint density at radius 2 is 2.30 bits per heavy atom. The number of esters is 1. The van der Waals surface area contributed by atoms with E-state index in [9.17, 15) is 14.7 Å². The zero-order valence-electron chi connectivity index (χ0n) is 12.9. The first-order chi connectivity index (χ1) is 11.1. The Bertz CT molecular complexity index is 526. The second-order valence-corrected chi connectivity index (χ2v) is 6.21. The molecule has 1 fully saturated rings. The summed E-state index contributed by atoms with van der Waals surface area (Å²) in [6, 6.07) is 8.30. The average Bonchev–Trinajstić information content (AvgIpc) is 2.56. The largest absolute Gasteiger partial charge is 0.458 e. The van der Waals surface area contributed by atoms with E-state index in [4.69, 9.17) is 9.47 Å². The first kappa shape index (κ1) is 17.9. The Morgan fingerprint density at radius 1 is 1.57 bits per heavy atom. The van der Waals surface area contributed by atoms with Crippen LogP contribution in [0.4, 0.5) is 0 Å². The molecule has 3 unspecified atom stereocenters. The Labute approximate surface area is 139 Å². The van der Waals surface area contributed by atoms with Crippen molar-refractivity contribution in [1.82, 2.24) is 5.32 Å². The predicted molar refractivity (Wildman–Crippen MR) is 87.8 cm³/mol. The molecule has 7 heteroatoms. The van der Waals surface area contributed by atoms with Gasteiger partial charge in [0.05, 0.1) is 18.2 Å². The van der Waals surface area contributed by atoms with Gasteiger partial charge in [0.2, 0.25) is 0 Å². The molecule has 0 saturated carbocycles. The van der Waals surface area contributed by atoms with Crippen molar-refractivity contribution in [3.05, 3.63) is 35.9 Å². The van der Waals surface area contributed by atoms with Crippen LogP contribution in [0.5, 0.6) is 0 Å². The molecule has 1 aliphatic rings. The smallest absolute Gasteiger partial charge is 0.338 e. The van der Waals surface area contributed by atoms with E-state index in [2.05, 4.69) is 5.32 Å². The number of carbonyl (C=O) groups excluding carboxylic acids is 2. The molecular formula is C16H21NO5S. The summed E-state index contributed by atoms with van der Waals surface area (Å²) in [6.45, 7) is 0.285. The summed E-state index contributed by atoms with van der Waals surface area (Å²) in [5, 5.41) is 13.7. The molecule has 126 valence electrons. The normalized spacial score (nSPS) is 25.6. The van der Waals surface area contributed by atoms with Gasteiger partial charge in [0.15, 0.2) is 11.4 Å². The van der Waals surface area contributed by atoms with Crippen molar-refractivity contribution in [3.63, 3.8) is 0 Å². The Kier molecular flexibility index (Phi) is 6.59. The summed E-state index contributed by atoms with van der Waals surface area (Å²) >= 11 is 1.05. The van der Waals surface area contributed by atoms with Crippen LogP contribution in [0.15, 0.2) is 30.3 Å². The van der Waals surface area contributed by atoms with E-state index in [1.54, 1.807) is 31.3 Å². The van der Waals surface area contributed by atoms with E-state index >= 15 is 0 Å². The molecule has 1 heterocycles. The van der Waals surface area contributed by atoms with E-state index in [1.165, 1.54) is 0 Å². The molecule has 3 atom stereocenters. The molecule has 0 spiro atoms. The summed E-state index contributed by atoms with van der Waals surface area (Å²) in [5.74, 6) is -1.51. The standard InChI is InChI=1S/C16H21NO5S/c1-17-14(10-23-11-18)16(20)9-13(7-8-21-16)22-15(19)12-5-3-2-4-6-12/h2-6,11,13-14,17,20H,7-10H2,1H3. The molecule has 6 nitrogen and oxygen atoms in total. The van der Waals surface area contributed by atoms with E-state index in [-0.39, 0.29) is 13.0 Å². The van der Waals surface area contributed by atoms with Gasteiger partial charge in [-0.05, 0) is 19.2 Å². The van der Waals surface area contributed by atoms with E-state index in [1.807, 2.05) is 6.07 Å². The third-order valence-corrected chi connectivity index (χ3v) is 4.48. The van der Waals surface area contributed by atoms with Gasteiger partial charge in [0.25, 0.3) is 0 Å². The van der Waals surface area contributed by atoms with E-state index < -0.39 is 23.9 Å². The monoisotopic (exact) mass is 339 g/mol. The number of carbonyl (C=O) groups is 2. The predicted octanol–water partition coefficient (Wildman–Crippen LogP) is 1.22. The van der Waals surface area contributed by atoms with Gasteiger partial charge in [-0.15, -0.1) is 0 Å². The van der Waals surface area contributed by atoms with Crippen molar-refractivity contribution in [2.24, 2.45) is 0 Å². The number of ether oxygens (including phenoxy) is 2. The van der Waals surface area contributed by atoms with Crippen LogP contribution in [0.2, 0.25) is 0 Å². The molecule has 23 heavy (non-hydrogen) atoms. The second-order valence-electron chi connectivity index (χ2n) is 5.35. The van der Waals surface area contributed by atoms with Crippen LogP contribution in [-0.2, 0) is 14.3 Å². The lowest BCUT2D eigenvalue weighted by atomic mass is 9.96. The second kappa shape index (κ2) is 8.44. The number of nitrogens with one attached hydrogen (secondary N) is 1. The lowest BCUT2D eigenvalue weighted by Gasteiger charge is -2.41. The van der Waals surface area contributed by atoms with Gasteiger partial charge in [-0.2, -0.15) is 0 Å². The number of thioether (sulfide) groups is 1. The van der Waals surface area contributed by atoms with Gasteiger partial charge in [-0.1, -0.05) is 30.0 Å². The molecule has 0 radical (unpaired) electrons. The van der Waals surface area contributed by atoms with Gasteiger partial charge in [0.1, 0.15) is 6.10 Å². The van der Waals surface area contributed by atoms with Gasteiger partial charge in [-0.25, -0.2) is 4.79 Å². The van der Waals surface area contributed by atoms with Crippen LogP contribution >= 0.6 is 11.8 Å². The zero-order chi connectivity index (χ0) is 16.7. The summed E-state index contributed by atoms with van der Waals surface area (Å²) in [7, 11) is 1.69. The zero-order valence-corrected chi connectivity index (χ0v) is 13.8. The minimum atomic E-state index is -1.47. The molecule has 1 aliphatic heterocycles. The van der Waals surface area contributed by atoms with Crippen molar-refractivity contribution < 1.29 is 24.2 Å². The average molecular weight is 339 g/mol. The van der Waals surface area contributed by atoms with Crippen LogP contribution in [0.25, 0.3) is 0 Å². The SMILES string of the molecule is CNC(CSC=O)C1(O)CC(OC(=O)c2ccccc2)CCO1. The number of hydrogen-bond donors (Lipinski definition) is 2. The first-order valence-electron chi connectivity index (χ1n) is 7.44. The van der Waals surface area contributed by atoms with Crippen molar-refractivity contribution in [3.8, 4) is 0 Å². The Hall–Kier alpha value is -1.41. The van der Waals surface area contributed by atoms with Crippen LogP contribution in [0, 0.1) is 0 Å². The number of hydrogen-bond acceptors (Lipinski definition) is 7. The molecule has 0 aliphatic carbocycles. The Balaban J connectivity index is 1.99. The highest BCUT2D eigenvalue weighted by molar-refractivity contribution is 8.11. The van der Waals surface area contributed by atoms with Crippen molar-refractivity contribution in [1.29, 1.82) is 0 Å². The van der Waals surface area contributed by atoms with E-state index in [0.717, 1.165) is 17.4 Å². The molecule has 1 saturated heterocycles. The maximum Gasteiger partial charge on any atom is 0.338 e. The summed E-state index contributed by atoms with van der Waals surface area (Å²) in [6.07, 6.45) is 0.257. The number of likely N-dealkylation sites (N-methyl/N-ethyl adjacent to an activating group) is 1. The fraction of sp³-hybridized carbons (Fsp3) is 0.500. The molecule has 0 bridgehead atoms. The maximum absolute atomic E-state index is 12.1. The first-order valence-corrected chi connectivity index (χ1v) is 8.49. The topological polar surface area (TPSA) is 84.9 Å². The van der Waals surface area contributed by atoms with Gasteiger partial charge >= 0.3 is 5.97 Å². The Morgan fingerprint density at radius 3 is 2.96 bits per heavy atom. The molecule has 1 aromatic carbocycles. The molecule has 1 aromatic rings. The molecule has 2 N–H and O–H groups in total. The fourth-order valence-corrected chi connectivity index (χ4v) is 3.26. The molecule has 0 amide bonds. The minimum absolute atomic E-state index is 0.163. The number of benzene rings is 1. The lowest BCUT2D eigenvalue weighted by Crippen LogP contribution is -2.57. The molecule has 2 rings (SSSR count). The van der Waals surface area contributed by atoms with Gasteiger partial charge in [-0.3, -0.25) is 4.79 Å². The molecule has 0 aromatic heterocycles. The number of aliphatic hydroxyl groups is 1. The molecular weight excluding hydrogens is 318 g/mol. The van der Waals surface area contributed by atoms with Crippen LogP contribution in [-0.4, -0.2) is 54.0 Å². The fourth-order valence-electron chi connectivity index (χ4n) is 2.57. The number of rotatable bonds is 7. The third-order valence-electron chi connectivity index (χ3n) is 3.82. The quantitative estimate of drug-likeness (QED) is 0.571. The highest BCUT2D eigenvalue weighted by Gasteiger charge is 2.43. The van der Waals surface area contributed by atoms with Crippen molar-refractivity contribution in [2.75, 3.05) is 19.4 Å².